The van der Waals surface area contributed by atoms with Crippen LogP contribution in [0, 0.1) is 0 Å². The molecule has 0 saturated heterocycles. The van der Waals surface area contributed by atoms with Gasteiger partial charge in [0, 0.05) is 16.5 Å². The maximum atomic E-state index is 10.7. The summed E-state index contributed by atoms with van der Waals surface area (Å²) >= 11 is 7.07. The number of phenols is 2. The van der Waals surface area contributed by atoms with Crippen LogP contribution in [0.4, 0.5) is 0 Å². The Bertz CT molecular complexity index is 1140. The minimum atomic E-state index is -0.389. The molecule has 4 aromatic rings. The van der Waals surface area contributed by atoms with Gasteiger partial charge in [0.15, 0.2) is 0 Å². The smallest absolute Gasteiger partial charge is 0.137 e. The van der Waals surface area contributed by atoms with E-state index in [-0.39, 0.29) is 16.9 Å². The van der Waals surface area contributed by atoms with Crippen molar-refractivity contribution in [3.8, 4) is 33.8 Å². The van der Waals surface area contributed by atoms with Crippen molar-refractivity contribution in [2.75, 3.05) is 0 Å². The van der Waals surface area contributed by atoms with Crippen LogP contribution in [0.25, 0.3) is 22.3 Å². The molecule has 2 N–H and O–H groups in total. The lowest BCUT2D eigenvalue weighted by Crippen LogP contribution is -2.19. The molecule has 0 aliphatic heterocycles. The zero-order chi connectivity index (χ0) is 22.2. The standard InChI is InChI=1S/C27H22Br2O2/c1-27(2,19-13-21(25(30)23(28)15-19)17-9-5-3-6-10-17)20-14-22(26(31)24(29)16-20)18-11-7-4-8-12-18/h3-16,30-31H,1-2H3. The van der Waals surface area contributed by atoms with E-state index in [4.69, 9.17) is 0 Å². The highest BCUT2D eigenvalue weighted by Crippen LogP contribution is 2.45. The fraction of sp³-hybridized carbons (Fsp3) is 0.111. The van der Waals surface area contributed by atoms with Crippen molar-refractivity contribution in [2.24, 2.45) is 0 Å². The predicted molar refractivity (Wildman–Crippen MR) is 135 cm³/mol. The molecule has 0 radical (unpaired) electrons. The molecular formula is C27H22Br2O2. The number of rotatable bonds is 4. The zero-order valence-electron chi connectivity index (χ0n) is 17.2. The first kappa shape index (κ1) is 21.7. The van der Waals surface area contributed by atoms with Crippen LogP contribution in [0.1, 0.15) is 25.0 Å². The van der Waals surface area contributed by atoms with Gasteiger partial charge in [0.2, 0.25) is 0 Å². The van der Waals surface area contributed by atoms with Gasteiger partial charge in [-0.1, -0.05) is 74.5 Å². The highest BCUT2D eigenvalue weighted by atomic mass is 79.9. The lowest BCUT2D eigenvalue weighted by Gasteiger charge is -2.28. The molecule has 0 bridgehead atoms. The third kappa shape index (κ3) is 4.15. The van der Waals surface area contributed by atoms with Crippen LogP contribution in [0.5, 0.6) is 11.5 Å². The summed E-state index contributed by atoms with van der Waals surface area (Å²) in [4.78, 5) is 0. The van der Waals surface area contributed by atoms with E-state index in [9.17, 15) is 10.2 Å². The molecule has 4 aromatic carbocycles. The van der Waals surface area contributed by atoms with Gasteiger partial charge in [-0.05, 0) is 78.4 Å². The lowest BCUT2D eigenvalue weighted by molar-refractivity contribution is 0.472. The quantitative estimate of drug-likeness (QED) is 0.275. The largest absolute Gasteiger partial charge is 0.506 e. The van der Waals surface area contributed by atoms with Gasteiger partial charge in [-0.3, -0.25) is 0 Å². The molecule has 4 heteroatoms. The lowest BCUT2D eigenvalue weighted by atomic mass is 9.76. The summed E-state index contributed by atoms with van der Waals surface area (Å²) in [5, 5.41) is 21.4. The number of phenolic OH excluding ortho intramolecular Hbond substituents is 2. The fourth-order valence-corrected chi connectivity index (χ4v) is 4.68. The minimum Gasteiger partial charge on any atom is -0.506 e. The number of benzene rings is 4. The highest BCUT2D eigenvalue weighted by Gasteiger charge is 2.27. The summed E-state index contributed by atoms with van der Waals surface area (Å²) < 4.78 is 1.30. The Kier molecular flexibility index (Phi) is 5.96. The van der Waals surface area contributed by atoms with E-state index in [0.717, 1.165) is 33.4 Å². The SMILES string of the molecule is CC(C)(c1cc(Br)c(O)c(-c2ccccc2)c1)c1cc(Br)c(O)c(-c2ccccc2)c1. The molecule has 4 rings (SSSR count). The van der Waals surface area contributed by atoms with Crippen molar-refractivity contribution in [3.63, 3.8) is 0 Å². The molecule has 0 unspecified atom stereocenters. The maximum absolute atomic E-state index is 10.7. The zero-order valence-corrected chi connectivity index (χ0v) is 20.4. The number of hydrogen-bond donors (Lipinski definition) is 2. The van der Waals surface area contributed by atoms with E-state index in [1.54, 1.807) is 0 Å². The third-order valence-electron chi connectivity index (χ3n) is 5.74. The predicted octanol–water partition coefficient (Wildman–Crippen LogP) is 8.28. The van der Waals surface area contributed by atoms with Crippen LogP contribution in [0.3, 0.4) is 0 Å². The van der Waals surface area contributed by atoms with Crippen molar-refractivity contribution in [1.82, 2.24) is 0 Å². The molecule has 31 heavy (non-hydrogen) atoms. The van der Waals surface area contributed by atoms with E-state index in [1.807, 2.05) is 84.9 Å². The summed E-state index contributed by atoms with van der Waals surface area (Å²) in [6.07, 6.45) is 0. The Morgan fingerprint density at radius 2 is 0.935 bits per heavy atom. The number of aromatic hydroxyl groups is 2. The minimum absolute atomic E-state index is 0.225. The number of halogens is 2. The van der Waals surface area contributed by atoms with Crippen LogP contribution in [0.15, 0.2) is 93.9 Å². The first-order valence-electron chi connectivity index (χ1n) is 9.96. The maximum Gasteiger partial charge on any atom is 0.137 e. The van der Waals surface area contributed by atoms with Crippen molar-refractivity contribution >= 4 is 31.9 Å². The van der Waals surface area contributed by atoms with E-state index in [1.165, 1.54) is 0 Å². The first-order valence-corrected chi connectivity index (χ1v) is 11.5. The van der Waals surface area contributed by atoms with Crippen LogP contribution >= 0.6 is 31.9 Å². The van der Waals surface area contributed by atoms with Crippen LogP contribution in [0.2, 0.25) is 0 Å². The molecule has 0 aromatic heterocycles. The van der Waals surface area contributed by atoms with Crippen molar-refractivity contribution in [2.45, 2.75) is 19.3 Å². The molecule has 156 valence electrons. The van der Waals surface area contributed by atoms with E-state index < -0.39 is 0 Å². The van der Waals surface area contributed by atoms with E-state index in [2.05, 4.69) is 45.7 Å². The summed E-state index contributed by atoms with van der Waals surface area (Å²) in [6, 6.07) is 27.7. The molecule has 0 aliphatic carbocycles. The molecule has 0 amide bonds. The third-order valence-corrected chi connectivity index (χ3v) is 6.95. The van der Waals surface area contributed by atoms with Crippen molar-refractivity contribution < 1.29 is 10.2 Å². The Balaban J connectivity index is 1.88. The summed E-state index contributed by atoms with van der Waals surface area (Å²) in [6.45, 7) is 4.29. The fourth-order valence-electron chi connectivity index (χ4n) is 3.76. The second kappa shape index (κ2) is 8.52. The molecule has 2 nitrogen and oxygen atoms in total. The first-order chi connectivity index (χ1) is 14.8. The highest BCUT2D eigenvalue weighted by molar-refractivity contribution is 9.11. The average molecular weight is 538 g/mol. The second-order valence-corrected chi connectivity index (χ2v) is 9.77. The normalized spacial score (nSPS) is 11.5. The topological polar surface area (TPSA) is 40.5 Å². The van der Waals surface area contributed by atoms with E-state index in [0.29, 0.717) is 8.95 Å². The Morgan fingerprint density at radius 1 is 0.581 bits per heavy atom. The number of hydrogen-bond acceptors (Lipinski definition) is 2. The second-order valence-electron chi connectivity index (χ2n) is 8.07. The van der Waals surface area contributed by atoms with Crippen molar-refractivity contribution in [1.29, 1.82) is 0 Å². The van der Waals surface area contributed by atoms with Gasteiger partial charge in [-0.15, -0.1) is 0 Å². The van der Waals surface area contributed by atoms with Crippen LogP contribution in [-0.4, -0.2) is 10.2 Å². The van der Waals surface area contributed by atoms with Gasteiger partial charge < -0.3 is 10.2 Å². The summed E-state index contributed by atoms with van der Waals surface area (Å²) in [5.41, 5.74) is 5.17. The van der Waals surface area contributed by atoms with Gasteiger partial charge in [0.25, 0.3) is 0 Å². The van der Waals surface area contributed by atoms with Gasteiger partial charge in [0.05, 0.1) is 8.95 Å². The molecule has 0 spiro atoms. The molecule has 0 atom stereocenters. The van der Waals surface area contributed by atoms with E-state index >= 15 is 0 Å². The van der Waals surface area contributed by atoms with Gasteiger partial charge in [-0.2, -0.15) is 0 Å². The Hall–Kier alpha value is -2.56. The molecule has 0 heterocycles. The van der Waals surface area contributed by atoms with Gasteiger partial charge in [0.1, 0.15) is 11.5 Å². The molecule has 0 saturated carbocycles. The Labute approximate surface area is 199 Å². The summed E-state index contributed by atoms with van der Waals surface area (Å²) in [7, 11) is 0. The molecule has 0 aliphatic rings. The monoisotopic (exact) mass is 536 g/mol. The van der Waals surface area contributed by atoms with Crippen LogP contribution < -0.4 is 0 Å². The van der Waals surface area contributed by atoms with Crippen LogP contribution in [-0.2, 0) is 5.41 Å². The van der Waals surface area contributed by atoms with Crippen molar-refractivity contribution in [3.05, 3.63) is 105 Å². The van der Waals surface area contributed by atoms with Gasteiger partial charge >= 0.3 is 0 Å². The molecular weight excluding hydrogens is 516 g/mol. The molecule has 0 fully saturated rings. The Morgan fingerprint density at radius 3 is 1.29 bits per heavy atom. The average Bonchev–Trinajstić information content (AvgIpc) is 2.78. The summed E-state index contributed by atoms with van der Waals surface area (Å²) in [5.74, 6) is 0.449. The van der Waals surface area contributed by atoms with Gasteiger partial charge in [-0.25, -0.2) is 0 Å².